The zero-order valence-electron chi connectivity index (χ0n) is 13.6. The lowest BCUT2D eigenvalue weighted by atomic mass is 10.3. The summed E-state index contributed by atoms with van der Waals surface area (Å²) >= 11 is 7.29. The van der Waals surface area contributed by atoms with Crippen molar-refractivity contribution in [3.8, 4) is 5.75 Å². The number of thioether (sulfide) groups is 1. The number of aryl methyl sites for hydroxylation is 1. The van der Waals surface area contributed by atoms with E-state index in [0.717, 1.165) is 12.2 Å². The van der Waals surface area contributed by atoms with Crippen molar-refractivity contribution in [1.29, 1.82) is 0 Å². The number of hydrogen-bond acceptors (Lipinski definition) is 5. The monoisotopic (exact) mass is 366 g/mol. The molecule has 0 unspecified atom stereocenters. The zero-order chi connectivity index (χ0) is 17.5. The van der Waals surface area contributed by atoms with Crippen LogP contribution in [0.4, 0.5) is 5.69 Å². The van der Waals surface area contributed by atoms with E-state index in [1.165, 1.54) is 18.9 Å². The minimum absolute atomic E-state index is 0.174. The van der Waals surface area contributed by atoms with Crippen LogP contribution in [0.2, 0.25) is 5.02 Å². The van der Waals surface area contributed by atoms with Crippen LogP contribution in [-0.4, -0.2) is 33.5 Å². The summed E-state index contributed by atoms with van der Waals surface area (Å²) in [5, 5.41) is 12.3. The number of aromatic nitrogens is 3. The molecule has 0 fully saturated rings. The molecule has 0 bridgehead atoms. The number of anilines is 1. The molecule has 0 radical (unpaired) electrons. The highest BCUT2D eigenvalue weighted by molar-refractivity contribution is 7.99. The van der Waals surface area contributed by atoms with Crippen LogP contribution < -0.4 is 10.1 Å². The first-order chi connectivity index (χ1) is 11.6. The molecule has 24 heavy (non-hydrogen) atoms. The van der Waals surface area contributed by atoms with Crippen LogP contribution in [0, 0.1) is 0 Å². The van der Waals surface area contributed by atoms with E-state index in [1.807, 2.05) is 11.5 Å². The molecule has 128 valence electrons. The highest BCUT2D eigenvalue weighted by Crippen LogP contribution is 2.28. The van der Waals surface area contributed by atoms with Gasteiger partial charge in [0.2, 0.25) is 5.91 Å². The van der Waals surface area contributed by atoms with Crippen LogP contribution in [-0.2, 0) is 17.8 Å². The average molecular weight is 367 g/mol. The number of halogens is 1. The zero-order valence-corrected chi connectivity index (χ0v) is 15.2. The number of allylic oxidation sites excluding steroid dienone is 1. The largest absolute Gasteiger partial charge is 0.495 e. The summed E-state index contributed by atoms with van der Waals surface area (Å²) in [6.07, 6.45) is 2.55. The Labute approximate surface area is 150 Å². The van der Waals surface area contributed by atoms with Gasteiger partial charge in [0.25, 0.3) is 0 Å². The first kappa shape index (κ1) is 18.4. The lowest BCUT2D eigenvalue weighted by Crippen LogP contribution is -2.15. The molecule has 0 aliphatic rings. The third-order valence-corrected chi connectivity index (χ3v) is 4.39. The molecule has 6 nitrogen and oxygen atoms in total. The van der Waals surface area contributed by atoms with Gasteiger partial charge in [0, 0.05) is 18.0 Å². The molecule has 2 rings (SSSR count). The normalized spacial score (nSPS) is 10.5. The van der Waals surface area contributed by atoms with Crippen LogP contribution in [0.3, 0.4) is 0 Å². The summed E-state index contributed by atoms with van der Waals surface area (Å²) < 4.78 is 7.16. The molecule has 2 aromatic rings. The van der Waals surface area contributed by atoms with Crippen molar-refractivity contribution in [2.45, 2.75) is 25.0 Å². The Bertz CT molecular complexity index is 733. The second-order valence-corrected chi connectivity index (χ2v) is 6.21. The summed E-state index contributed by atoms with van der Waals surface area (Å²) in [5.41, 5.74) is 0.539. The van der Waals surface area contributed by atoms with Gasteiger partial charge in [0.15, 0.2) is 5.16 Å². The first-order valence-corrected chi connectivity index (χ1v) is 8.74. The molecule has 0 aliphatic carbocycles. The lowest BCUT2D eigenvalue weighted by molar-refractivity contribution is -0.113. The van der Waals surface area contributed by atoms with Gasteiger partial charge >= 0.3 is 0 Å². The van der Waals surface area contributed by atoms with Gasteiger partial charge in [-0.15, -0.1) is 16.8 Å². The van der Waals surface area contributed by atoms with Gasteiger partial charge in [0.1, 0.15) is 11.6 Å². The summed E-state index contributed by atoms with van der Waals surface area (Å²) in [6.45, 7) is 6.36. The average Bonchev–Trinajstić information content (AvgIpc) is 2.95. The minimum Gasteiger partial charge on any atom is -0.495 e. The smallest absolute Gasteiger partial charge is 0.234 e. The summed E-state index contributed by atoms with van der Waals surface area (Å²) in [7, 11) is 1.54. The van der Waals surface area contributed by atoms with Crippen LogP contribution in [0.15, 0.2) is 36.0 Å². The lowest BCUT2D eigenvalue weighted by Gasteiger charge is -2.10. The van der Waals surface area contributed by atoms with Crippen LogP contribution >= 0.6 is 23.4 Å². The van der Waals surface area contributed by atoms with E-state index >= 15 is 0 Å². The molecule has 0 saturated heterocycles. The van der Waals surface area contributed by atoms with Crippen molar-refractivity contribution >= 4 is 35.0 Å². The Kier molecular flexibility index (Phi) is 6.69. The summed E-state index contributed by atoms with van der Waals surface area (Å²) in [6, 6.07) is 5.06. The third kappa shape index (κ3) is 4.52. The predicted molar refractivity (Wildman–Crippen MR) is 97.0 cm³/mol. The molecule has 0 saturated carbocycles. The SMILES string of the molecule is C=CCn1c(CC)nnc1SCC(=O)Nc1cc(Cl)ccc1OC. The van der Waals surface area contributed by atoms with E-state index in [9.17, 15) is 4.79 Å². The van der Waals surface area contributed by atoms with E-state index in [1.54, 1.807) is 24.3 Å². The fraction of sp³-hybridized carbons (Fsp3) is 0.312. The number of amides is 1. The van der Waals surface area contributed by atoms with Crippen LogP contribution in [0.25, 0.3) is 0 Å². The van der Waals surface area contributed by atoms with Gasteiger partial charge in [-0.2, -0.15) is 0 Å². The van der Waals surface area contributed by atoms with Crippen molar-refractivity contribution in [1.82, 2.24) is 14.8 Å². The molecular formula is C16H19ClN4O2S. The first-order valence-electron chi connectivity index (χ1n) is 7.38. The van der Waals surface area contributed by atoms with Crippen molar-refractivity contribution < 1.29 is 9.53 Å². The van der Waals surface area contributed by atoms with Crippen molar-refractivity contribution in [3.63, 3.8) is 0 Å². The maximum Gasteiger partial charge on any atom is 0.234 e. The number of methoxy groups -OCH3 is 1. The number of nitrogens with zero attached hydrogens (tertiary/aromatic N) is 3. The number of ether oxygens (including phenoxy) is 1. The predicted octanol–water partition coefficient (Wildman–Crippen LogP) is 3.42. The minimum atomic E-state index is -0.174. The fourth-order valence-electron chi connectivity index (χ4n) is 2.09. The number of carbonyl (C=O) groups excluding carboxylic acids is 1. The van der Waals surface area contributed by atoms with Gasteiger partial charge in [-0.25, -0.2) is 0 Å². The Morgan fingerprint density at radius 1 is 1.50 bits per heavy atom. The van der Waals surface area contributed by atoms with Crippen molar-refractivity contribution in [3.05, 3.63) is 41.7 Å². The maximum absolute atomic E-state index is 12.2. The molecule has 1 heterocycles. The molecule has 0 atom stereocenters. The molecule has 1 aromatic heterocycles. The number of rotatable bonds is 8. The summed E-state index contributed by atoms with van der Waals surface area (Å²) in [4.78, 5) is 12.2. The van der Waals surface area contributed by atoms with Gasteiger partial charge in [0.05, 0.1) is 18.6 Å². The van der Waals surface area contributed by atoms with Gasteiger partial charge in [-0.05, 0) is 18.2 Å². The Morgan fingerprint density at radius 2 is 2.29 bits per heavy atom. The van der Waals surface area contributed by atoms with Gasteiger partial charge in [-0.1, -0.05) is 36.4 Å². The summed E-state index contributed by atoms with van der Waals surface area (Å²) in [5.74, 6) is 1.45. The highest BCUT2D eigenvalue weighted by Gasteiger charge is 2.13. The van der Waals surface area contributed by atoms with Crippen molar-refractivity contribution in [2.24, 2.45) is 0 Å². The maximum atomic E-state index is 12.2. The molecular weight excluding hydrogens is 348 g/mol. The van der Waals surface area contributed by atoms with E-state index in [-0.39, 0.29) is 11.7 Å². The molecule has 0 aliphatic heterocycles. The molecule has 1 aromatic carbocycles. The van der Waals surface area contributed by atoms with Crippen molar-refractivity contribution in [2.75, 3.05) is 18.2 Å². The molecule has 8 heteroatoms. The van der Waals surface area contributed by atoms with Gasteiger partial charge < -0.3 is 14.6 Å². The second kappa shape index (κ2) is 8.75. The van der Waals surface area contributed by atoms with E-state index in [2.05, 4.69) is 22.1 Å². The molecule has 1 amide bonds. The number of carbonyl (C=O) groups is 1. The van der Waals surface area contributed by atoms with E-state index < -0.39 is 0 Å². The fourth-order valence-corrected chi connectivity index (χ4v) is 3.03. The highest BCUT2D eigenvalue weighted by atomic mass is 35.5. The van der Waals surface area contributed by atoms with Crippen LogP contribution in [0.5, 0.6) is 5.75 Å². The number of hydrogen-bond donors (Lipinski definition) is 1. The standard InChI is InChI=1S/C16H19ClN4O2S/c1-4-8-21-14(5-2)19-20-16(21)24-10-15(22)18-12-9-11(17)6-7-13(12)23-3/h4,6-7,9H,1,5,8,10H2,2-3H3,(H,18,22). The number of benzene rings is 1. The van der Waals surface area contributed by atoms with E-state index in [4.69, 9.17) is 16.3 Å². The molecule has 1 N–H and O–H groups in total. The van der Waals surface area contributed by atoms with Crippen LogP contribution in [0.1, 0.15) is 12.7 Å². The Balaban J connectivity index is 2.03. The third-order valence-electron chi connectivity index (χ3n) is 3.19. The quantitative estimate of drug-likeness (QED) is 0.572. The molecule has 0 spiro atoms. The van der Waals surface area contributed by atoms with E-state index in [0.29, 0.717) is 28.2 Å². The van der Waals surface area contributed by atoms with Gasteiger partial charge in [-0.3, -0.25) is 4.79 Å². The Hall–Kier alpha value is -1.99. The second-order valence-electron chi connectivity index (χ2n) is 4.83. The Morgan fingerprint density at radius 3 is 2.96 bits per heavy atom. The topological polar surface area (TPSA) is 69.0 Å². The number of nitrogens with one attached hydrogen (secondary N) is 1.